The zero-order valence-corrected chi connectivity index (χ0v) is 8.13. The van der Waals surface area contributed by atoms with Gasteiger partial charge in [-0.25, -0.2) is 0 Å². The molecule has 3 rings (SSSR count). The molecule has 13 heavy (non-hydrogen) atoms. The van der Waals surface area contributed by atoms with E-state index in [0.717, 1.165) is 18.9 Å². The summed E-state index contributed by atoms with van der Waals surface area (Å²) in [5, 5.41) is 14.1. The van der Waals surface area contributed by atoms with E-state index in [2.05, 4.69) is 5.32 Å². The van der Waals surface area contributed by atoms with Gasteiger partial charge in [-0.1, -0.05) is 0 Å². The SMILES string of the molecule is OC1(C2CCCN2)CC2CCC1C2. The molecule has 1 heterocycles. The Morgan fingerprint density at radius 1 is 1.23 bits per heavy atom. The first-order valence-electron chi connectivity index (χ1n) is 5.75. The second-order valence-electron chi connectivity index (χ2n) is 5.22. The van der Waals surface area contributed by atoms with Crippen LogP contribution in [0.2, 0.25) is 0 Å². The lowest BCUT2D eigenvalue weighted by Crippen LogP contribution is -2.51. The molecule has 0 aromatic heterocycles. The minimum absolute atomic E-state index is 0.320. The van der Waals surface area contributed by atoms with E-state index in [-0.39, 0.29) is 5.60 Å². The maximum Gasteiger partial charge on any atom is 0.0830 e. The highest BCUT2D eigenvalue weighted by molar-refractivity contribution is 5.08. The van der Waals surface area contributed by atoms with Crippen molar-refractivity contribution in [1.29, 1.82) is 0 Å². The highest BCUT2D eigenvalue weighted by atomic mass is 16.3. The van der Waals surface area contributed by atoms with Gasteiger partial charge < -0.3 is 10.4 Å². The molecule has 4 atom stereocenters. The quantitative estimate of drug-likeness (QED) is 0.639. The molecule has 2 nitrogen and oxygen atoms in total. The molecule has 1 aliphatic heterocycles. The molecule has 0 amide bonds. The van der Waals surface area contributed by atoms with E-state index >= 15 is 0 Å². The fourth-order valence-corrected chi connectivity index (χ4v) is 3.88. The van der Waals surface area contributed by atoms with Crippen LogP contribution < -0.4 is 5.32 Å². The summed E-state index contributed by atoms with van der Waals surface area (Å²) in [6, 6.07) is 0.419. The summed E-state index contributed by atoms with van der Waals surface area (Å²) >= 11 is 0. The number of aliphatic hydroxyl groups is 1. The van der Waals surface area contributed by atoms with Crippen molar-refractivity contribution in [1.82, 2.24) is 5.32 Å². The van der Waals surface area contributed by atoms with Gasteiger partial charge in [0.1, 0.15) is 0 Å². The number of fused-ring (bicyclic) bond motifs is 2. The molecule has 2 aliphatic carbocycles. The first kappa shape index (κ1) is 8.25. The van der Waals surface area contributed by atoms with Gasteiger partial charge in [0.15, 0.2) is 0 Å². The van der Waals surface area contributed by atoms with Crippen molar-refractivity contribution in [3.8, 4) is 0 Å². The lowest BCUT2D eigenvalue weighted by molar-refractivity contribution is -0.0410. The molecule has 2 heteroatoms. The number of nitrogens with one attached hydrogen (secondary N) is 1. The summed E-state index contributed by atoms with van der Waals surface area (Å²) < 4.78 is 0. The minimum Gasteiger partial charge on any atom is -0.388 e. The summed E-state index contributed by atoms with van der Waals surface area (Å²) in [4.78, 5) is 0. The van der Waals surface area contributed by atoms with E-state index in [4.69, 9.17) is 0 Å². The predicted octanol–water partition coefficient (Wildman–Crippen LogP) is 1.29. The Bertz CT molecular complexity index is 212. The molecule has 1 saturated heterocycles. The molecule has 0 radical (unpaired) electrons. The Morgan fingerprint density at radius 3 is 2.69 bits per heavy atom. The third-order valence-corrected chi connectivity index (χ3v) is 4.53. The van der Waals surface area contributed by atoms with Crippen LogP contribution in [0, 0.1) is 11.8 Å². The number of rotatable bonds is 1. The van der Waals surface area contributed by atoms with E-state index in [1.165, 1.54) is 32.1 Å². The largest absolute Gasteiger partial charge is 0.388 e. The van der Waals surface area contributed by atoms with Crippen LogP contribution in [0.3, 0.4) is 0 Å². The van der Waals surface area contributed by atoms with Crippen LogP contribution in [0.5, 0.6) is 0 Å². The van der Waals surface area contributed by atoms with Crippen LogP contribution in [0.1, 0.15) is 38.5 Å². The summed E-state index contributed by atoms with van der Waals surface area (Å²) in [6.07, 6.45) is 7.48. The van der Waals surface area contributed by atoms with Crippen LogP contribution >= 0.6 is 0 Å². The molecule has 0 spiro atoms. The molecule has 2 saturated carbocycles. The maximum atomic E-state index is 10.6. The predicted molar refractivity (Wildman–Crippen MR) is 51.4 cm³/mol. The minimum atomic E-state index is -0.320. The second kappa shape index (κ2) is 2.71. The normalized spacial score (nSPS) is 54.7. The lowest BCUT2D eigenvalue weighted by atomic mass is 9.78. The third kappa shape index (κ3) is 1.08. The van der Waals surface area contributed by atoms with Gasteiger partial charge in [-0.05, 0) is 56.9 Å². The van der Waals surface area contributed by atoms with Crippen molar-refractivity contribution in [3.05, 3.63) is 0 Å². The first-order chi connectivity index (χ1) is 6.29. The zero-order valence-electron chi connectivity index (χ0n) is 8.13. The van der Waals surface area contributed by atoms with Crippen LogP contribution in [0.25, 0.3) is 0 Å². The smallest absolute Gasteiger partial charge is 0.0830 e. The summed E-state index contributed by atoms with van der Waals surface area (Å²) in [5.41, 5.74) is -0.320. The van der Waals surface area contributed by atoms with Crippen molar-refractivity contribution in [2.45, 2.75) is 50.2 Å². The molecule has 4 unspecified atom stereocenters. The van der Waals surface area contributed by atoms with Crippen LogP contribution in [-0.4, -0.2) is 23.3 Å². The van der Waals surface area contributed by atoms with Gasteiger partial charge in [0.25, 0.3) is 0 Å². The fourth-order valence-electron chi connectivity index (χ4n) is 3.88. The van der Waals surface area contributed by atoms with Crippen molar-refractivity contribution >= 4 is 0 Å². The molecule has 2 bridgehead atoms. The van der Waals surface area contributed by atoms with E-state index < -0.39 is 0 Å². The molecule has 3 fully saturated rings. The van der Waals surface area contributed by atoms with Crippen LogP contribution in [0.15, 0.2) is 0 Å². The van der Waals surface area contributed by atoms with Crippen molar-refractivity contribution in [2.24, 2.45) is 11.8 Å². The summed E-state index contributed by atoms with van der Waals surface area (Å²) in [6.45, 7) is 1.12. The monoisotopic (exact) mass is 181 g/mol. The Hall–Kier alpha value is -0.0800. The molecule has 0 aromatic carbocycles. The lowest BCUT2D eigenvalue weighted by Gasteiger charge is -2.37. The van der Waals surface area contributed by atoms with E-state index in [9.17, 15) is 5.11 Å². The molecule has 3 aliphatic rings. The Morgan fingerprint density at radius 2 is 2.15 bits per heavy atom. The molecule has 2 N–H and O–H groups in total. The van der Waals surface area contributed by atoms with E-state index in [1.54, 1.807) is 0 Å². The maximum absolute atomic E-state index is 10.6. The van der Waals surface area contributed by atoms with Gasteiger partial charge in [0, 0.05) is 6.04 Å². The number of hydrogen-bond donors (Lipinski definition) is 2. The van der Waals surface area contributed by atoms with Crippen LogP contribution in [0.4, 0.5) is 0 Å². The zero-order chi connectivity index (χ0) is 8.89. The molecular weight excluding hydrogens is 162 g/mol. The second-order valence-corrected chi connectivity index (χ2v) is 5.22. The van der Waals surface area contributed by atoms with Gasteiger partial charge in [0.2, 0.25) is 0 Å². The third-order valence-electron chi connectivity index (χ3n) is 4.53. The Kier molecular flexibility index (Phi) is 1.72. The Labute approximate surface area is 79.7 Å². The van der Waals surface area contributed by atoms with Crippen molar-refractivity contribution in [3.63, 3.8) is 0 Å². The van der Waals surface area contributed by atoms with Gasteiger partial charge in [-0.2, -0.15) is 0 Å². The average Bonchev–Trinajstić information content (AvgIpc) is 2.79. The van der Waals surface area contributed by atoms with Gasteiger partial charge in [0.05, 0.1) is 5.60 Å². The van der Waals surface area contributed by atoms with Crippen molar-refractivity contribution in [2.75, 3.05) is 6.54 Å². The highest BCUT2D eigenvalue weighted by Crippen LogP contribution is 2.53. The first-order valence-corrected chi connectivity index (χ1v) is 5.75. The molecule has 0 aromatic rings. The van der Waals surface area contributed by atoms with Gasteiger partial charge in [-0.15, -0.1) is 0 Å². The van der Waals surface area contributed by atoms with Crippen molar-refractivity contribution < 1.29 is 5.11 Å². The topological polar surface area (TPSA) is 32.3 Å². The van der Waals surface area contributed by atoms with Gasteiger partial charge in [-0.3, -0.25) is 0 Å². The molecular formula is C11H19NO. The Balaban J connectivity index is 1.80. The summed E-state index contributed by atoms with van der Waals surface area (Å²) in [5.74, 6) is 1.46. The fraction of sp³-hybridized carbons (Fsp3) is 1.00. The van der Waals surface area contributed by atoms with Crippen LogP contribution in [-0.2, 0) is 0 Å². The molecule has 74 valence electrons. The summed E-state index contributed by atoms with van der Waals surface area (Å²) in [7, 11) is 0. The highest BCUT2D eigenvalue weighted by Gasteiger charge is 2.54. The van der Waals surface area contributed by atoms with E-state index in [0.29, 0.717) is 12.0 Å². The standard InChI is InChI=1S/C11H19NO/c13-11(10-2-1-5-12-10)7-8-3-4-9(11)6-8/h8-10,12-13H,1-7H2. The number of hydrogen-bond acceptors (Lipinski definition) is 2. The average molecular weight is 181 g/mol. The van der Waals surface area contributed by atoms with Gasteiger partial charge >= 0.3 is 0 Å². The van der Waals surface area contributed by atoms with E-state index in [1.807, 2.05) is 0 Å².